The van der Waals surface area contributed by atoms with Crippen molar-refractivity contribution in [2.45, 2.75) is 33.1 Å². The van der Waals surface area contributed by atoms with E-state index in [-0.39, 0.29) is 5.41 Å². The van der Waals surface area contributed by atoms with E-state index in [4.69, 9.17) is 5.73 Å². The first-order chi connectivity index (χ1) is 8.30. The lowest BCUT2D eigenvalue weighted by Gasteiger charge is -2.21. The van der Waals surface area contributed by atoms with Gasteiger partial charge in [0.05, 0.1) is 11.9 Å². The molecule has 1 aromatic carbocycles. The summed E-state index contributed by atoms with van der Waals surface area (Å²) in [4.78, 5) is 4.17. The second-order valence-corrected chi connectivity index (χ2v) is 5.84. The Morgan fingerprint density at radius 1 is 1.22 bits per heavy atom. The lowest BCUT2D eigenvalue weighted by atomic mass is 9.85. The molecule has 2 rings (SSSR count). The number of nitrogens with two attached hydrogens (primary N) is 1. The zero-order valence-electron chi connectivity index (χ0n) is 11.8. The molecule has 0 spiro atoms. The third-order valence-electron chi connectivity index (χ3n) is 3.40. The molecule has 3 nitrogen and oxygen atoms in total. The van der Waals surface area contributed by atoms with Crippen LogP contribution in [0.1, 0.15) is 31.9 Å². The second kappa shape index (κ2) is 4.16. The standard InChI is InChI=1S/C15H21N3/c1-10-6-7-11(15(2,3)4)8-12(10)13-9-17-14(16)18(13)5/h6-9H,1-5H3,(H2,16,17). The summed E-state index contributed by atoms with van der Waals surface area (Å²) in [6.07, 6.45) is 1.84. The second-order valence-electron chi connectivity index (χ2n) is 5.84. The summed E-state index contributed by atoms with van der Waals surface area (Å²) in [5.41, 5.74) is 10.8. The van der Waals surface area contributed by atoms with Crippen LogP contribution in [0.25, 0.3) is 11.3 Å². The number of hydrogen-bond acceptors (Lipinski definition) is 2. The monoisotopic (exact) mass is 243 g/mol. The zero-order chi connectivity index (χ0) is 13.5. The predicted molar refractivity (Wildman–Crippen MR) is 76.5 cm³/mol. The number of rotatable bonds is 1. The maximum Gasteiger partial charge on any atom is 0.200 e. The number of nitrogens with zero attached hydrogens (tertiary/aromatic N) is 2. The van der Waals surface area contributed by atoms with E-state index in [1.807, 2.05) is 17.8 Å². The highest BCUT2D eigenvalue weighted by atomic mass is 15.1. The van der Waals surface area contributed by atoms with Crippen LogP contribution in [0.3, 0.4) is 0 Å². The molecule has 96 valence electrons. The molecular formula is C15H21N3. The number of anilines is 1. The molecule has 3 heteroatoms. The van der Waals surface area contributed by atoms with Crippen molar-refractivity contribution in [2.75, 3.05) is 5.73 Å². The van der Waals surface area contributed by atoms with E-state index >= 15 is 0 Å². The molecule has 0 aliphatic rings. The summed E-state index contributed by atoms with van der Waals surface area (Å²) < 4.78 is 1.93. The fourth-order valence-electron chi connectivity index (χ4n) is 2.04. The van der Waals surface area contributed by atoms with Gasteiger partial charge in [-0.1, -0.05) is 32.9 Å². The van der Waals surface area contributed by atoms with Gasteiger partial charge in [0.2, 0.25) is 0 Å². The predicted octanol–water partition coefficient (Wildman–Crippen LogP) is 3.28. The van der Waals surface area contributed by atoms with Gasteiger partial charge in [-0.15, -0.1) is 0 Å². The average Bonchev–Trinajstić information content (AvgIpc) is 2.59. The molecule has 0 aliphatic heterocycles. The van der Waals surface area contributed by atoms with E-state index in [9.17, 15) is 0 Å². The molecule has 0 bridgehead atoms. The van der Waals surface area contributed by atoms with Gasteiger partial charge in [-0.3, -0.25) is 0 Å². The lowest BCUT2D eigenvalue weighted by Crippen LogP contribution is -2.11. The lowest BCUT2D eigenvalue weighted by molar-refractivity contribution is 0.590. The Morgan fingerprint density at radius 2 is 1.89 bits per heavy atom. The summed E-state index contributed by atoms with van der Waals surface area (Å²) in [6, 6.07) is 6.60. The van der Waals surface area contributed by atoms with Gasteiger partial charge in [0.1, 0.15) is 0 Å². The summed E-state index contributed by atoms with van der Waals surface area (Å²) in [5, 5.41) is 0. The Kier molecular flexibility index (Phi) is 2.93. The van der Waals surface area contributed by atoms with Crippen LogP contribution in [0, 0.1) is 6.92 Å². The van der Waals surface area contributed by atoms with Crippen LogP contribution in [0.15, 0.2) is 24.4 Å². The van der Waals surface area contributed by atoms with Crippen LogP contribution in [0.2, 0.25) is 0 Å². The first-order valence-electron chi connectivity index (χ1n) is 6.19. The molecule has 0 aliphatic carbocycles. The van der Waals surface area contributed by atoms with Crippen LogP contribution < -0.4 is 5.73 Å². The minimum Gasteiger partial charge on any atom is -0.369 e. The molecule has 0 radical (unpaired) electrons. The summed E-state index contributed by atoms with van der Waals surface area (Å²) in [6.45, 7) is 8.78. The van der Waals surface area contributed by atoms with Crippen LogP contribution in [-0.4, -0.2) is 9.55 Å². The van der Waals surface area contributed by atoms with Gasteiger partial charge < -0.3 is 10.3 Å². The molecule has 0 unspecified atom stereocenters. The van der Waals surface area contributed by atoms with Gasteiger partial charge in [0, 0.05) is 12.6 Å². The van der Waals surface area contributed by atoms with Crippen LogP contribution >= 0.6 is 0 Å². The third kappa shape index (κ3) is 2.13. The molecule has 1 aromatic heterocycles. The van der Waals surface area contributed by atoms with Gasteiger partial charge in [-0.2, -0.15) is 0 Å². The highest BCUT2D eigenvalue weighted by Gasteiger charge is 2.16. The fraction of sp³-hybridized carbons (Fsp3) is 0.400. The quantitative estimate of drug-likeness (QED) is 0.835. The minimum atomic E-state index is 0.145. The Bertz CT molecular complexity index is 574. The van der Waals surface area contributed by atoms with Crippen molar-refractivity contribution in [2.24, 2.45) is 7.05 Å². The first kappa shape index (κ1) is 12.7. The largest absolute Gasteiger partial charge is 0.369 e. The topological polar surface area (TPSA) is 43.8 Å². The number of benzene rings is 1. The van der Waals surface area contributed by atoms with E-state index in [1.54, 1.807) is 0 Å². The molecule has 0 saturated carbocycles. The Balaban J connectivity index is 2.61. The maximum atomic E-state index is 5.80. The van der Waals surface area contributed by atoms with Crippen molar-refractivity contribution in [3.05, 3.63) is 35.5 Å². The minimum absolute atomic E-state index is 0.145. The van der Waals surface area contributed by atoms with E-state index in [0.717, 1.165) is 5.69 Å². The third-order valence-corrected chi connectivity index (χ3v) is 3.40. The van der Waals surface area contributed by atoms with E-state index < -0.39 is 0 Å². The molecule has 0 amide bonds. The van der Waals surface area contributed by atoms with E-state index in [2.05, 4.69) is 50.9 Å². The Morgan fingerprint density at radius 3 is 2.39 bits per heavy atom. The summed E-state index contributed by atoms with van der Waals surface area (Å²) in [7, 11) is 1.95. The fourth-order valence-corrected chi connectivity index (χ4v) is 2.04. The Labute approximate surface area is 109 Å². The van der Waals surface area contributed by atoms with Gasteiger partial charge in [-0.25, -0.2) is 4.98 Å². The van der Waals surface area contributed by atoms with Gasteiger partial charge in [0.15, 0.2) is 5.95 Å². The van der Waals surface area contributed by atoms with Crippen LogP contribution in [0.4, 0.5) is 5.95 Å². The van der Waals surface area contributed by atoms with E-state index in [1.165, 1.54) is 16.7 Å². The smallest absolute Gasteiger partial charge is 0.200 e. The van der Waals surface area contributed by atoms with Gasteiger partial charge in [0.25, 0.3) is 0 Å². The summed E-state index contributed by atoms with van der Waals surface area (Å²) >= 11 is 0. The van der Waals surface area contributed by atoms with E-state index in [0.29, 0.717) is 5.95 Å². The number of aryl methyl sites for hydroxylation is 1. The van der Waals surface area contributed by atoms with Crippen LogP contribution in [-0.2, 0) is 12.5 Å². The average molecular weight is 243 g/mol. The normalized spacial score (nSPS) is 11.8. The molecule has 0 atom stereocenters. The first-order valence-corrected chi connectivity index (χ1v) is 6.19. The van der Waals surface area contributed by atoms with Crippen molar-refractivity contribution in [3.63, 3.8) is 0 Å². The zero-order valence-corrected chi connectivity index (χ0v) is 11.8. The SMILES string of the molecule is Cc1ccc(C(C)(C)C)cc1-c1cnc(N)n1C. The molecule has 2 aromatic rings. The molecule has 0 saturated heterocycles. The van der Waals surface area contributed by atoms with Crippen molar-refractivity contribution in [1.82, 2.24) is 9.55 Å². The molecule has 1 heterocycles. The highest BCUT2D eigenvalue weighted by Crippen LogP contribution is 2.30. The van der Waals surface area contributed by atoms with Crippen molar-refractivity contribution in [1.29, 1.82) is 0 Å². The van der Waals surface area contributed by atoms with Crippen molar-refractivity contribution in [3.8, 4) is 11.3 Å². The van der Waals surface area contributed by atoms with Crippen molar-refractivity contribution < 1.29 is 0 Å². The van der Waals surface area contributed by atoms with Crippen LogP contribution in [0.5, 0.6) is 0 Å². The molecular weight excluding hydrogens is 222 g/mol. The highest BCUT2D eigenvalue weighted by molar-refractivity contribution is 5.66. The number of nitrogen functional groups attached to an aromatic ring is 1. The van der Waals surface area contributed by atoms with Gasteiger partial charge in [-0.05, 0) is 29.5 Å². The van der Waals surface area contributed by atoms with Gasteiger partial charge >= 0.3 is 0 Å². The molecule has 0 fully saturated rings. The molecule has 18 heavy (non-hydrogen) atoms. The van der Waals surface area contributed by atoms with Crippen molar-refractivity contribution >= 4 is 5.95 Å². The summed E-state index contributed by atoms with van der Waals surface area (Å²) in [5.74, 6) is 0.547. The molecule has 2 N–H and O–H groups in total. The maximum absolute atomic E-state index is 5.80. The Hall–Kier alpha value is -1.77. The number of aromatic nitrogens is 2. The number of imidazole rings is 1. The number of hydrogen-bond donors (Lipinski definition) is 1.